The van der Waals surface area contributed by atoms with Gasteiger partial charge >= 0.3 is 17.9 Å². The van der Waals surface area contributed by atoms with Crippen molar-refractivity contribution in [1.82, 2.24) is 0 Å². The number of carbonyl (C=O) groups is 3. The van der Waals surface area contributed by atoms with Crippen LogP contribution in [0.5, 0.6) is 0 Å². The van der Waals surface area contributed by atoms with E-state index in [2.05, 4.69) is 118 Å². The monoisotopic (exact) mass is 903 g/mol. The summed E-state index contributed by atoms with van der Waals surface area (Å²) in [6.07, 6.45) is 69.7. The molecule has 0 saturated carbocycles. The highest BCUT2D eigenvalue weighted by atomic mass is 16.6. The Labute approximate surface area is 400 Å². The molecular formula is C59H98O6. The Morgan fingerprint density at radius 2 is 0.631 bits per heavy atom. The quantitative estimate of drug-likeness (QED) is 0.0262. The second kappa shape index (κ2) is 52.9. The number of ether oxygens (including phenoxy) is 3. The minimum absolute atomic E-state index is 0.106. The van der Waals surface area contributed by atoms with Crippen molar-refractivity contribution in [2.75, 3.05) is 13.2 Å². The SMILES string of the molecule is CC/C=C\C/C=C\C/C=C\C/C=C\C/C=C\CCCC(=O)O[C@@H](COC(=O)CCCCCCC/C=C\CCCC)COC(=O)CCCCCCCCCCC/C=C\C/C=C\CCCCC. The van der Waals surface area contributed by atoms with Gasteiger partial charge in [-0.25, -0.2) is 0 Å². The van der Waals surface area contributed by atoms with E-state index in [9.17, 15) is 14.4 Å². The molecular weight excluding hydrogens is 805 g/mol. The molecule has 6 heteroatoms. The number of rotatable bonds is 47. The van der Waals surface area contributed by atoms with E-state index in [4.69, 9.17) is 14.2 Å². The fraction of sp³-hybridized carbons (Fsp3) is 0.678. The third-order valence-electron chi connectivity index (χ3n) is 11.0. The smallest absolute Gasteiger partial charge is 0.306 e. The molecule has 1 atom stereocenters. The average molecular weight is 903 g/mol. The Hall–Kier alpha value is -3.67. The molecule has 6 nitrogen and oxygen atoms in total. The fourth-order valence-electron chi connectivity index (χ4n) is 7.02. The molecule has 0 aliphatic rings. The van der Waals surface area contributed by atoms with E-state index >= 15 is 0 Å². The summed E-state index contributed by atoms with van der Waals surface area (Å²) in [6.45, 7) is 6.40. The van der Waals surface area contributed by atoms with Gasteiger partial charge in [0.1, 0.15) is 13.2 Å². The first-order valence-electron chi connectivity index (χ1n) is 26.7. The van der Waals surface area contributed by atoms with E-state index in [1.165, 1.54) is 96.3 Å². The van der Waals surface area contributed by atoms with Crippen LogP contribution in [0, 0.1) is 0 Å². The molecule has 0 heterocycles. The average Bonchev–Trinajstić information content (AvgIpc) is 3.30. The summed E-state index contributed by atoms with van der Waals surface area (Å²) in [5.74, 6) is -0.981. The first kappa shape index (κ1) is 61.3. The molecule has 0 aliphatic heterocycles. The van der Waals surface area contributed by atoms with Crippen molar-refractivity contribution in [3.63, 3.8) is 0 Å². The lowest BCUT2D eigenvalue weighted by molar-refractivity contribution is -0.167. The van der Waals surface area contributed by atoms with Gasteiger partial charge in [-0.15, -0.1) is 0 Å². The zero-order valence-corrected chi connectivity index (χ0v) is 42.2. The minimum atomic E-state index is -0.812. The third-order valence-corrected chi connectivity index (χ3v) is 11.0. The van der Waals surface area contributed by atoms with Gasteiger partial charge < -0.3 is 14.2 Å². The van der Waals surface area contributed by atoms with Gasteiger partial charge in [-0.3, -0.25) is 14.4 Å². The first-order chi connectivity index (χ1) is 32.0. The number of esters is 3. The van der Waals surface area contributed by atoms with Crippen LogP contribution in [0.4, 0.5) is 0 Å². The van der Waals surface area contributed by atoms with Crippen LogP contribution in [0.2, 0.25) is 0 Å². The number of allylic oxidation sites excluding steroid dienone is 16. The number of hydrogen-bond acceptors (Lipinski definition) is 6. The highest BCUT2D eigenvalue weighted by Crippen LogP contribution is 2.14. The zero-order valence-electron chi connectivity index (χ0n) is 42.2. The van der Waals surface area contributed by atoms with Crippen LogP contribution in [-0.4, -0.2) is 37.2 Å². The van der Waals surface area contributed by atoms with Gasteiger partial charge in [0.2, 0.25) is 0 Å². The molecule has 0 aromatic carbocycles. The van der Waals surface area contributed by atoms with Gasteiger partial charge in [0, 0.05) is 19.3 Å². The summed E-state index contributed by atoms with van der Waals surface area (Å²) in [5.41, 5.74) is 0. The molecule has 0 fully saturated rings. The highest BCUT2D eigenvalue weighted by Gasteiger charge is 2.19. The van der Waals surface area contributed by atoms with Gasteiger partial charge in [0.05, 0.1) is 0 Å². The zero-order chi connectivity index (χ0) is 47.2. The van der Waals surface area contributed by atoms with Crippen LogP contribution in [0.1, 0.15) is 239 Å². The molecule has 0 saturated heterocycles. The minimum Gasteiger partial charge on any atom is -0.462 e. The Bertz CT molecular complexity index is 1310. The van der Waals surface area contributed by atoms with E-state index in [-0.39, 0.29) is 37.5 Å². The third kappa shape index (κ3) is 51.2. The molecule has 0 spiro atoms. The normalized spacial score (nSPS) is 12.8. The van der Waals surface area contributed by atoms with Crippen LogP contribution in [0.25, 0.3) is 0 Å². The lowest BCUT2D eigenvalue weighted by Gasteiger charge is -2.18. The Morgan fingerprint density at radius 3 is 1.05 bits per heavy atom. The summed E-state index contributed by atoms with van der Waals surface area (Å²) in [6, 6.07) is 0. The van der Waals surface area contributed by atoms with Gasteiger partial charge in [-0.05, 0) is 109 Å². The molecule has 0 amide bonds. The summed E-state index contributed by atoms with van der Waals surface area (Å²) in [4.78, 5) is 38.0. The van der Waals surface area contributed by atoms with Gasteiger partial charge in [-0.2, -0.15) is 0 Å². The van der Waals surface area contributed by atoms with Crippen molar-refractivity contribution in [2.45, 2.75) is 245 Å². The Balaban J connectivity index is 4.45. The molecule has 0 unspecified atom stereocenters. The molecule has 0 aromatic heterocycles. The van der Waals surface area contributed by atoms with E-state index in [0.717, 1.165) is 96.3 Å². The van der Waals surface area contributed by atoms with E-state index < -0.39 is 6.10 Å². The van der Waals surface area contributed by atoms with Crippen molar-refractivity contribution in [3.05, 3.63) is 97.2 Å². The topological polar surface area (TPSA) is 78.9 Å². The van der Waals surface area contributed by atoms with Crippen LogP contribution >= 0.6 is 0 Å². The second-order valence-electron chi connectivity index (χ2n) is 17.4. The maximum Gasteiger partial charge on any atom is 0.306 e. The van der Waals surface area contributed by atoms with E-state index in [0.29, 0.717) is 19.3 Å². The predicted molar refractivity (Wildman–Crippen MR) is 279 cm³/mol. The molecule has 0 bridgehead atoms. The van der Waals surface area contributed by atoms with Crippen molar-refractivity contribution < 1.29 is 28.6 Å². The van der Waals surface area contributed by atoms with Crippen LogP contribution < -0.4 is 0 Å². The van der Waals surface area contributed by atoms with Gasteiger partial charge in [-0.1, -0.05) is 208 Å². The van der Waals surface area contributed by atoms with Crippen molar-refractivity contribution in [1.29, 1.82) is 0 Å². The number of carbonyl (C=O) groups excluding carboxylic acids is 3. The largest absolute Gasteiger partial charge is 0.462 e. The maximum absolute atomic E-state index is 12.8. The standard InChI is InChI=1S/C59H98O6/c1-4-7-10-13-16-19-22-24-26-28-29-31-32-34-37-40-43-46-49-52-58(61)64-55-56(54-63-57(60)51-48-45-42-39-36-21-18-15-12-9-6-3)65-59(62)53-50-47-44-41-38-35-33-30-27-25-23-20-17-14-11-8-5-2/h8,11,15-20,24-27,33,35,41,44,56H,4-7,9-10,12-14,21-23,28-32,34,36-40,42-43,45-55H2,1-3H3/b11-8-,18-15-,19-16-,20-17-,26-24-,27-25-,35-33-,44-41-/t56-/m0/s1. The van der Waals surface area contributed by atoms with Crippen molar-refractivity contribution in [2.24, 2.45) is 0 Å². The summed E-state index contributed by atoms with van der Waals surface area (Å²) >= 11 is 0. The molecule has 65 heavy (non-hydrogen) atoms. The van der Waals surface area contributed by atoms with Gasteiger partial charge in [0.15, 0.2) is 6.10 Å². The molecule has 0 aromatic rings. The summed E-state index contributed by atoms with van der Waals surface area (Å²) in [7, 11) is 0. The van der Waals surface area contributed by atoms with Crippen LogP contribution in [-0.2, 0) is 28.6 Å². The van der Waals surface area contributed by atoms with Crippen LogP contribution in [0.15, 0.2) is 97.2 Å². The van der Waals surface area contributed by atoms with Crippen molar-refractivity contribution >= 4 is 17.9 Å². The Morgan fingerprint density at radius 1 is 0.323 bits per heavy atom. The maximum atomic E-state index is 12.8. The van der Waals surface area contributed by atoms with E-state index in [1.54, 1.807) is 0 Å². The summed E-state index contributed by atoms with van der Waals surface area (Å²) in [5, 5.41) is 0. The summed E-state index contributed by atoms with van der Waals surface area (Å²) < 4.78 is 16.7. The highest BCUT2D eigenvalue weighted by molar-refractivity contribution is 5.71. The lowest BCUT2D eigenvalue weighted by Crippen LogP contribution is -2.30. The molecule has 0 aliphatic carbocycles. The number of unbranched alkanes of at least 4 members (excludes halogenated alkanes) is 20. The predicted octanol–water partition coefficient (Wildman–Crippen LogP) is 17.8. The van der Waals surface area contributed by atoms with Gasteiger partial charge in [0.25, 0.3) is 0 Å². The second-order valence-corrected chi connectivity index (χ2v) is 17.4. The van der Waals surface area contributed by atoms with E-state index in [1.807, 2.05) is 0 Å². The van der Waals surface area contributed by atoms with Crippen molar-refractivity contribution in [3.8, 4) is 0 Å². The molecule has 0 rings (SSSR count). The Kier molecular flexibility index (Phi) is 50.0. The van der Waals surface area contributed by atoms with Crippen LogP contribution in [0.3, 0.4) is 0 Å². The first-order valence-corrected chi connectivity index (χ1v) is 26.7. The molecule has 0 N–H and O–H groups in total. The lowest BCUT2D eigenvalue weighted by atomic mass is 10.1. The molecule has 0 radical (unpaired) electrons. The number of hydrogen-bond donors (Lipinski definition) is 0. The molecule has 370 valence electrons. The fourth-order valence-corrected chi connectivity index (χ4v) is 7.02.